The Bertz CT molecular complexity index is 962. The molecule has 1 unspecified atom stereocenters. The number of nitriles is 1. The van der Waals surface area contributed by atoms with Gasteiger partial charge in [0.15, 0.2) is 0 Å². The van der Waals surface area contributed by atoms with Crippen LogP contribution in [0.3, 0.4) is 0 Å². The van der Waals surface area contributed by atoms with E-state index < -0.39 is 35.5 Å². The number of fused-ring (bicyclic) bond motifs is 1. The van der Waals surface area contributed by atoms with Crippen LogP contribution in [0.4, 0.5) is 23.2 Å². The lowest BCUT2D eigenvalue weighted by molar-refractivity contribution is -0.142. The molecule has 5 nitrogen and oxygen atoms in total. The fourth-order valence-electron chi connectivity index (χ4n) is 2.93. The summed E-state index contributed by atoms with van der Waals surface area (Å²) in [5.41, 5.74) is -1.78. The zero-order chi connectivity index (χ0) is 19.9. The van der Waals surface area contributed by atoms with Gasteiger partial charge in [-0.25, -0.2) is 13.8 Å². The number of carbonyl (C=O) groups is 1. The molecule has 140 valence electrons. The molecular weight excluding hydrogens is 390 g/mol. The monoisotopic (exact) mass is 399 g/mol. The highest BCUT2D eigenvalue weighted by molar-refractivity contribution is 6.29. The van der Waals surface area contributed by atoms with Gasteiger partial charge < -0.3 is 10.0 Å². The predicted octanol–water partition coefficient (Wildman–Crippen LogP) is 3.54. The Morgan fingerprint density at radius 1 is 1.33 bits per heavy atom. The molecule has 0 aliphatic carbocycles. The van der Waals surface area contributed by atoms with Crippen molar-refractivity contribution in [3.8, 4) is 6.07 Å². The van der Waals surface area contributed by atoms with E-state index in [0.29, 0.717) is 4.90 Å². The highest BCUT2D eigenvalue weighted by atomic mass is 35.5. The fourth-order valence-corrected chi connectivity index (χ4v) is 3.16. The van der Waals surface area contributed by atoms with Crippen LogP contribution in [0, 0.1) is 11.3 Å². The van der Waals surface area contributed by atoms with Crippen molar-refractivity contribution in [3.63, 3.8) is 0 Å². The van der Waals surface area contributed by atoms with Crippen molar-refractivity contribution in [1.29, 1.82) is 5.26 Å². The lowest BCUT2D eigenvalue weighted by Gasteiger charge is -2.18. The minimum Gasteiger partial charge on any atom is -0.382 e. The molecule has 2 aromatic rings. The number of nitrogens with zero attached hydrogens (tertiary/aromatic N) is 3. The Labute approximate surface area is 155 Å². The van der Waals surface area contributed by atoms with Gasteiger partial charge in [0.1, 0.15) is 23.0 Å². The molecule has 0 radical (unpaired) electrons. The number of halogens is 5. The van der Waals surface area contributed by atoms with Gasteiger partial charge in [-0.3, -0.25) is 4.79 Å². The van der Waals surface area contributed by atoms with E-state index in [1.165, 1.54) is 24.3 Å². The first-order valence-electron chi connectivity index (χ1n) is 7.52. The number of aliphatic hydroxyl groups excluding tert-OH is 1. The quantitative estimate of drug-likeness (QED) is 0.630. The lowest BCUT2D eigenvalue weighted by atomic mass is 9.98. The van der Waals surface area contributed by atoms with Gasteiger partial charge in [0.05, 0.1) is 17.8 Å². The van der Waals surface area contributed by atoms with Gasteiger partial charge in [-0.15, -0.1) is 0 Å². The molecule has 1 atom stereocenters. The Morgan fingerprint density at radius 2 is 2.04 bits per heavy atom. The maximum Gasteiger partial charge on any atom is 0.352 e. The SMILES string of the molecule is N#Cc1cc(CN2C(=O)C(F)(F)c3c(C(O)C(F)F)cccc32)cc(Cl)n1. The Kier molecular flexibility index (Phi) is 4.80. The summed E-state index contributed by atoms with van der Waals surface area (Å²) < 4.78 is 54.8. The van der Waals surface area contributed by atoms with Crippen molar-refractivity contribution < 1.29 is 27.5 Å². The van der Waals surface area contributed by atoms with Gasteiger partial charge in [0.25, 0.3) is 6.43 Å². The second kappa shape index (κ2) is 6.79. The summed E-state index contributed by atoms with van der Waals surface area (Å²) >= 11 is 5.78. The van der Waals surface area contributed by atoms with E-state index in [2.05, 4.69) is 4.98 Å². The minimum absolute atomic E-state index is 0.0652. The average Bonchev–Trinajstić information content (AvgIpc) is 2.81. The maximum atomic E-state index is 14.6. The smallest absolute Gasteiger partial charge is 0.352 e. The lowest BCUT2D eigenvalue weighted by Crippen LogP contribution is -2.34. The maximum absolute atomic E-state index is 14.6. The molecule has 27 heavy (non-hydrogen) atoms. The summed E-state index contributed by atoms with van der Waals surface area (Å²) in [6.45, 7) is -0.382. The van der Waals surface area contributed by atoms with Crippen LogP contribution in [-0.2, 0) is 17.3 Å². The number of aromatic nitrogens is 1. The number of carbonyl (C=O) groups excluding carboxylic acids is 1. The first kappa shape index (κ1) is 19.1. The third-order valence-corrected chi connectivity index (χ3v) is 4.25. The highest BCUT2D eigenvalue weighted by Gasteiger charge is 2.55. The summed E-state index contributed by atoms with van der Waals surface area (Å²) in [6.07, 6.45) is -5.76. The molecule has 1 aliphatic rings. The van der Waals surface area contributed by atoms with E-state index in [9.17, 15) is 27.5 Å². The van der Waals surface area contributed by atoms with Gasteiger partial charge in [0.2, 0.25) is 0 Å². The zero-order valence-corrected chi connectivity index (χ0v) is 14.1. The molecule has 0 spiro atoms. The van der Waals surface area contributed by atoms with Crippen LogP contribution in [0.5, 0.6) is 0 Å². The first-order valence-corrected chi connectivity index (χ1v) is 7.90. The summed E-state index contributed by atoms with van der Waals surface area (Å²) in [6, 6.07) is 7.61. The Morgan fingerprint density at radius 3 is 2.67 bits per heavy atom. The van der Waals surface area contributed by atoms with Crippen molar-refractivity contribution in [2.75, 3.05) is 4.90 Å². The molecular formula is C17H10ClF4N3O2. The minimum atomic E-state index is -4.09. The van der Waals surface area contributed by atoms with Crippen LogP contribution in [0.2, 0.25) is 5.15 Å². The largest absolute Gasteiger partial charge is 0.382 e. The third-order valence-electron chi connectivity index (χ3n) is 4.06. The predicted molar refractivity (Wildman–Crippen MR) is 86.5 cm³/mol. The van der Waals surface area contributed by atoms with Crippen LogP contribution in [0.1, 0.15) is 28.5 Å². The zero-order valence-electron chi connectivity index (χ0n) is 13.3. The molecule has 1 aromatic carbocycles. The average molecular weight is 400 g/mol. The van der Waals surface area contributed by atoms with Gasteiger partial charge in [-0.2, -0.15) is 14.0 Å². The second-order valence-electron chi connectivity index (χ2n) is 5.78. The standard InChI is InChI=1S/C17H10ClF4N3O2/c18-12-5-8(4-9(6-23)24-12)7-25-11-3-1-2-10(14(26)15(19)20)13(11)17(21,22)16(25)27/h1-5,14-15,26H,7H2. The molecule has 10 heteroatoms. The number of hydrogen-bond donors (Lipinski definition) is 1. The second-order valence-corrected chi connectivity index (χ2v) is 6.17. The summed E-state index contributed by atoms with van der Waals surface area (Å²) in [4.78, 5) is 16.7. The molecule has 1 amide bonds. The number of alkyl halides is 4. The fraction of sp³-hybridized carbons (Fsp3) is 0.235. The van der Waals surface area contributed by atoms with Crippen molar-refractivity contribution >= 4 is 23.2 Å². The summed E-state index contributed by atoms with van der Waals surface area (Å²) in [7, 11) is 0. The van der Waals surface area contributed by atoms with Crippen molar-refractivity contribution in [2.45, 2.75) is 25.0 Å². The third kappa shape index (κ3) is 3.22. The van der Waals surface area contributed by atoms with E-state index >= 15 is 0 Å². The Balaban J connectivity index is 2.09. The van der Waals surface area contributed by atoms with Crippen molar-refractivity contribution in [1.82, 2.24) is 4.98 Å². The van der Waals surface area contributed by atoms with E-state index in [-0.39, 0.29) is 28.6 Å². The van der Waals surface area contributed by atoms with Gasteiger partial charge in [0, 0.05) is 0 Å². The number of rotatable bonds is 4. The number of aliphatic hydroxyl groups is 1. The molecule has 0 saturated carbocycles. The van der Waals surface area contributed by atoms with E-state index in [1.54, 1.807) is 6.07 Å². The number of hydrogen-bond acceptors (Lipinski definition) is 4. The van der Waals surface area contributed by atoms with Crippen molar-refractivity contribution in [2.24, 2.45) is 0 Å². The van der Waals surface area contributed by atoms with E-state index in [0.717, 1.165) is 6.07 Å². The van der Waals surface area contributed by atoms with Crippen LogP contribution in [0.25, 0.3) is 0 Å². The van der Waals surface area contributed by atoms with E-state index in [4.69, 9.17) is 16.9 Å². The van der Waals surface area contributed by atoms with Crippen molar-refractivity contribution in [3.05, 3.63) is 57.9 Å². The molecule has 0 saturated heterocycles. The molecule has 1 aliphatic heterocycles. The normalized spacial score (nSPS) is 16.4. The first-order chi connectivity index (χ1) is 12.7. The molecule has 1 aromatic heterocycles. The van der Waals surface area contributed by atoms with Crippen LogP contribution in [-0.4, -0.2) is 22.4 Å². The molecule has 3 rings (SSSR count). The van der Waals surface area contributed by atoms with Crippen LogP contribution >= 0.6 is 11.6 Å². The summed E-state index contributed by atoms with van der Waals surface area (Å²) in [5, 5.41) is 18.4. The number of pyridine rings is 1. The number of anilines is 1. The van der Waals surface area contributed by atoms with E-state index in [1.807, 2.05) is 0 Å². The number of amides is 1. The van der Waals surface area contributed by atoms with Crippen LogP contribution in [0.15, 0.2) is 30.3 Å². The topological polar surface area (TPSA) is 77.2 Å². The molecule has 1 N–H and O–H groups in total. The number of benzene rings is 1. The highest BCUT2D eigenvalue weighted by Crippen LogP contribution is 2.48. The molecule has 0 bridgehead atoms. The van der Waals surface area contributed by atoms with Gasteiger partial charge in [-0.1, -0.05) is 23.7 Å². The van der Waals surface area contributed by atoms with Crippen LogP contribution < -0.4 is 4.90 Å². The summed E-state index contributed by atoms with van der Waals surface area (Å²) in [5.74, 6) is -5.71. The molecule has 2 heterocycles. The Hall–Kier alpha value is -2.70. The van der Waals surface area contributed by atoms with Gasteiger partial charge >= 0.3 is 11.8 Å². The molecule has 0 fully saturated rings. The van der Waals surface area contributed by atoms with Gasteiger partial charge in [-0.05, 0) is 29.3 Å².